The Labute approximate surface area is 42.4 Å². The van der Waals surface area contributed by atoms with Crippen LogP contribution >= 0.6 is 0 Å². The van der Waals surface area contributed by atoms with Gasteiger partial charge < -0.3 is 5.11 Å². The lowest BCUT2D eigenvalue weighted by atomic mass is 10.6. The summed E-state index contributed by atoms with van der Waals surface area (Å²) >= 11 is 0. The molecule has 32 valence electrons. The smallest absolute Gasteiger partial charge is 0.122 e. The third-order valence-electron chi connectivity index (χ3n) is 0.253. The molecule has 0 amide bonds. The van der Waals surface area contributed by atoms with Crippen molar-refractivity contribution in [2.24, 2.45) is 0 Å². The van der Waals surface area contributed by atoms with Gasteiger partial charge in [-0.1, -0.05) is 0 Å². The lowest BCUT2D eigenvalue weighted by molar-refractivity contribution is 0.517. The van der Waals surface area contributed by atoms with Gasteiger partial charge in [0.05, 0.1) is 0 Å². The summed E-state index contributed by atoms with van der Waals surface area (Å²) in [6, 6.07) is 0. The molecule has 0 aromatic heterocycles. The van der Waals surface area contributed by atoms with Crippen LogP contribution in [0.1, 0.15) is 0 Å². The first kappa shape index (κ1) is 5.48. The SMILES string of the molecule is C#CC#CC#CO. The second-order valence-corrected chi connectivity index (χ2v) is 0.631. The highest BCUT2D eigenvalue weighted by Crippen LogP contribution is 1.46. The quantitative estimate of drug-likeness (QED) is 0.414. The van der Waals surface area contributed by atoms with E-state index in [0.29, 0.717) is 0 Å². The monoisotopic (exact) mass is 90.0 g/mol. The lowest BCUT2D eigenvalue weighted by Crippen LogP contribution is -1.49. The minimum atomic E-state index is 1.58. The molecule has 0 aliphatic heterocycles. The third kappa shape index (κ3) is 4.48. The first-order chi connectivity index (χ1) is 3.41. The van der Waals surface area contributed by atoms with Gasteiger partial charge in [0.1, 0.15) is 6.11 Å². The Hall–Kier alpha value is -1.52. The zero-order valence-corrected chi connectivity index (χ0v) is 3.52. The van der Waals surface area contributed by atoms with Gasteiger partial charge in [0.25, 0.3) is 0 Å². The van der Waals surface area contributed by atoms with Gasteiger partial charge in [0, 0.05) is 11.8 Å². The largest absolute Gasteiger partial charge is 0.461 e. The summed E-state index contributed by atoms with van der Waals surface area (Å²) in [5.74, 6) is 8.46. The molecule has 1 nitrogen and oxygen atoms in total. The van der Waals surface area contributed by atoms with Gasteiger partial charge in [-0.3, -0.25) is 0 Å². The van der Waals surface area contributed by atoms with Crippen molar-refractivity contribution in [1.29, 1.82) is 0 Å². The summed E-state index contributed by atoms with van der Waals surface area (Å²) in [5.41, 5.74) is 0. The van der Waals surface area contributed by atoms with Gasteiger partial charge in [-0.2, -0.15) is 0 Å². The fourth-order valence-electron chi connectivity index (χ4n) is 0.0953. The molecule has 7 heavy (non-hydrogen) atoms. The zero-order valence-electron chi connectivity index (χ0n) is 3.52. The molecule has 0 aliphatic rings. The van der Waals surface area contributed by atoms with Gasteiger partial charge in [0.15, 0.2) is 0 Å². The van der Waals surface area contributed by atoms with Crippen molar-refractivity contribution in [2.45, 2.75) is 0 Å². The van der Waals surface area contributed by atoms with Gasteiger partial charge >= 0.3 is 0 Å². The Balaban J connectivity index is 3.68. The summed E-state index contributed by atoms with van der Waals surface area (Å²) in [4.78, 5) is 0. The number of terminal acetylenes is 1. The van der Waals surface area contributed by atoms with Crippen molar-refractivity contribution in [3.63, 3.8) is 0 Å². The Morgan fingerprint density at radius 1 is 1.14 bits per heavy atom. The van der Waals surface area contributed by atoms with E-state index in [1.54, 1.807) is 6.11 Å². The normalized spacial score (nSPS) is 3.29. The standard InChI is InChI=1S/C6H2O/c1-2-3-4-5-6-7/h1,7H. The van der Waals surface area contributed by atoms with Crippen molar-refractivity contribution in [1.82, 2.24) is 0 Å². The lowest BCUT2D eigenvalue weighted by Gasteiger charge is -1.49. The molecule has 0 radical (unpaired) electrons. The van der Waals surface area contributed by atoms with Gasteiger partial charge in [0.2, 0.25) is 0 Å². The molecule has 0 bridgehead atoms. The van der Waals surface area contributed by atoms with Gasteiger partial charge in [-0.15, -0.1) is 6.42 Å². The highest BCUT2D eigenvalue weighted by molar-refractivity contribution is 5.32. The predicted octanol–water partition coefficient (Wildman–Crippen LogP) is -0.0436. The maximum atomic E-state index is 7.76. The second kappa shape index (κ2) is 4.48. The molecule has 0 unspecified atom stereocenters. The molecule has 1 N–H and O–H groups in total. The predicted molar refractivity (Wildman–Crippen MR) is 26.3 cm³/mol. The molecule has 1 heteroatoms. The van der Waals surface area contributed by atoms with Crippen LogP contribution < -0.4 is 0 Å². The van der Waals surface area contributed by atoms with E-state index in [4.69, 9.17) is 11.5 Å². The molecule has 0 spiro atoms. The molecule has 0 aromatic rings. The van der Waals surface area contributed by atoms with Crippen molar-refractivity contribution in [2.75, 3.05) is 0 Å². The molecule has 0 aromatic carbocycles. The van der Waals surface area contributed by atoms with E-state index in [9.17, 15) is 0 Å². The summed E-state index contributed by atoms with van der Waals surface area (Å²) in [6.45, 7) is 0. The van der Waals surface area contributed by atoms with Crippen LogP contribution in [0.4, 0.5) is 0 Å². The van der Waals surface area contributed by atoms with E-state index >= 15 is 0 Å². The van der Waals surface area contributed by atoms with Crippen molar-refractivity contribution >= 4 is 0 Å². The average Bonchev–Trinajstić information content (AvgIpc) is 1.69. The number of rotatable bonds is 0. The molecule has 0 rings (SSSR count). The molecular formula is C6H2O. The van der Waals surface area contributed by atoms with Crippen molar-refractivity contribution < 1.29 is 5.11 Å². The van der Waals surface area contributed by atoms with Crippen LogP contribution in [0.2, 0.25) is 0 Å². The Morgan fingerprint density at radius 2 is 1.86 bits per heavy atom. The van der Waals surface area contributed by atoms with E-state index in [2.05, 4.69) is 17.8 Å². The Bertz CT molecular complexity index is 186. The van der Waals surface area contributed by atoms with E-state index < -0.39 is 0 Å². The van der Waals surface area contributed by atoms with Crippen molar-refractivity contribution in [3.05, 3.63) is 0 Å². The summed E-state index contributed by atoms with van der Waals surface area (Å²) in [5, 5.41) is 7.76. The van der Waals surface area contributed by atoms with Crippen LogP contribution in [0.25, 0.3) is 0 Å². The first-order valence-electron chi connectivity index (χ1n) is 1.51. The topological polar surface area (TPSA) is 20.2 Å². The van der Waals surface area contributed by atoms with Crippen LogP contribution in [-0.2, 0) is 0 Å². The molecule has 0 saturated carbocycles. The minimum Gasteiger partial charge on any atom is -0.461 e. The molecule has 0 atom stereocenters. The van der Waals surface area contributed by atoms with Gasteiger partial charge in [-0.05, 0) is 11.8 Å². The summed E-state index contributed by atoms with van der Waals surface area (Å²) < 4.78 is 0. The van der Waals surface area contributed by atoms with Crippen LogP contribution in [0.3, 0.4) is 0 Å². The Morgan fingerprint density at radius 3 is 2.29 bits per heavy atom. The van der Waals surface area contributed by atoms with Crippen LogP contribution in [0.15, 0.2) is 0 Å². The summed E-state index contributed by atoms with van der Waals surface area (Å²) in [7, 11) is 0. The minimum absolute atomic E-state index is 1.58. The average molecular weight is 90.1 g/mol. The molecule has 0 aliphatic carbocycles. The molecule has 0 saturated heterocycles. The van der Waals surface area contributed by atoms with E-state index in [-0.39, 0.29) is 0 Å². The highest BCUT2D eigenvalue weighted by atomic mass is 16.2. The van der Waals surface area contributed by atoms with Crippen LogP contribution in [-0.4, -0.2) is 5.11 Å². The molecule has 0 heterocycles. The van der Waals surface area contributed by atoms with Crippen LogP contribution in [0.5, 0.6) is 0 Å². The first-order valence-corrected chi connectivity index (χ1v) is 1.51. The van der Waals surface area contributed by atoms with E-state index in [1.165, 1.54) is 0 Å². The van der Waals surface area contributed by atoms with E-state index in [0.717, 1.165) is 0 Å². The highest BCUT2D eigenvalue weighted by Gasteiger charge is 1.47. The number of hydrogen-bond donors (Lipinski definition) is 1. The fourth-order valence-corrected chi connectivity index (χ4v) is 0.0953. The third-order valence-corrected chi connectivity index (χ3v) is 0.253. The number of aliphatic hydroxyl groups excluding tert-OH is 1. The number of hydrogen-bond acceptors (Lipinski definition) is 1. The fraction of sp³-hybridized carbons (Fsp3) is 0. The molecular weight excluding hydrogens is 88.1 g/mol. The van der Waals surface area contributed by atoms with Crippen LogP contribution in [0, 0.1) is 36.2 Å². The maximum absolute atomic E-state index is 7.76. The van der Waals surface area contributed by atoms with Crippen molar-refractivity contribution in [3.8, 4) is 36.2 Å². The molecule has 0 fully saturated rings. The maximum Gasteiger partial charge on any atom is 0.122 e. The Kier molecular flexibility index (Phi) is 3.51. The second-order valence-electron chi connectivity index (χ2n) is 0.631. The summed E-state index contributed by atoms with van der Waals surface area (Å²) in [6.07, 6.45) is 6.28. The zero-order chi connectivity index (χ0) is 5.54. The number of aliphatic hydroxyl groups is 1. The van der Waals surface area contributed by atoms with Gasteiger partial charge in [-0.25, -0.2) is 0 Å². The van der Waals surface area contributed by atoms with E-state index in [1.807, 2.05) is 5.92 Å².